The van der Waals surface area contributed by atoms with Crippen LogP contribution in [0.25, 0.3) is 0 Å². The van der Waals surface area contributed by atoms with Gasteiger partial charge in [-0.25, -0.2) is 0 Å². The second kappa shape index (κ2) is 9.97. The summed E-state index contributed by atoms with van der Waals surface area (Å²) in [6, 6.07) is 21.1. The van der Waals surface area contributed by atoms with Gasteiger partial charge in [-0.3, -0.25) is 19.3 Å². The lowest BCUT2D eigenvalue weighted by molar-refractivity contribution is -0.131. The van der Waals surface area contributed by atoms with Crippen LogP contribution in [-0.2, 0) is 20.8 Å². The van der Waals surface area contributed by atoms with Crippen LogP contribution < -0.4 is 9.64 Å². The second-order valence-electron chi connectivity index (χ2n) is 8.76. The molecule has 1 unspecified atom stereocenters. The topological polar surface area (TPSA) is 83.9 Å². The number of ether oxygens (including phenoxy) is 1. The van der Waals surface area contributed by atoms with E-state index in [1.54, 1.807) is 24.3 Å². The molecule has 3 aromatic rings. The van der Waals surface area contributed by atoms with Crippen molar-refractivity contribution in [3.05, 3.63) is 106 Å². The van der Waals surface area contributed by atoms with Crippen LogP contribution in [-0.4, -0.2) is 22.8 Å². The number of carbonyl (C=O) groups is 3. The third-order valence-electron chi connectivity index (χ3n) is 5.93. The summed E-state index contributed by atoms with van der Waals surface area (Å²) in [4.78, 5) is 39.5. The number of esters is 1. The van der Waals surface area contributed by atoms with Gasteiger partial charge in [0.25, 0.3) is 5.91 Å². The number of ketones is 1. The van der Waals surface area contributed by atoms with Crippen molar-refractivity contribution in [2.24, 2.45) is 0 Å². The highest BCUT2D eigenvalue weighted by atomic mass is 16.5. The number of anilines is 1. The summed E-state index contributed by atoms with van der Waals surface area (Å²) in [7, 11) is 0. The fraction of sp³-hybridized carbons (Fsp3) is 0.207. The van der Waals surface area contributed by atoms with Gasteiger partial charge >= 0.3 is 5.97 Å². The van der Waals surface area contributed by atoms with E-state index in [4.69, 9.17) is 4.74 Å². The summed E-state index contributed by atoms with van der Waals surface area (Å²) in [5, 5.41) is 10.9. The largest absolute Gasteiger partial charge is 0.503 e. The van der Waals surface area contributed by atoms with Crippen molar-refractivity contribution in [1.29, 1.82) is 0 Å². The van der Waals surface area contributed by atoms with Crippen LogP contribution in [0.5, 0.6) is 5.75 Å². The molecule has 0 spiro atoms. The molecule has 0 fully saturated rings. The molecule has 0 saturated carbocycles. The summed E-state index contributed by atoms with van der Waals surface area (Å²) in [5.41, 5.74) is 4.21. The minimum Gasteiger partial charge on any atom is -0.503 e. The summed E-state index contributed by atoms with van der Waals surface area (Å²) in [6.07, 6.45) is 0.645. The number of hydrogen-bond donors (Lipinski definition) is 1. The molecule has 1 atom stereocenters. The van der Waals surface area contributed by atoms with Crippen molar-refractivity contribution < 1.29 is 24.2 Å². The number of benzene rings is 3. The number of nitrogens with zero attached hydrogens (tertiary/aromatic N) is 1. The van der Waals surface area contributed by atoms with Crippen LogP contribution in [0.15, 0.2) is 84.1 Å². The van der Waals surface area contributed by atoms with Crippen molar-refractivity contribution in [1.82, 2.24) is 0 Å². The van der Waals surface area contributed by atoms with Gasteiger partial charge in [0.2, 0.25) is 0 Å². The number of hydrogen-bond acceptors (Lipinski definition) is 5. The van der Waals surface area contributed by atoms with E-state index < -0.39 is 23.7 Å². The zero-order chi connectivity index (χ0) is 25.1. The van der Waals surface area contributed by atoms with Crippen molar-refractivity contribution in [2.45, 2.75) is 39.7 Å². The summed E-state index contributed by atoms with van der Waals surface area (Å²) in [5.74, 6) is -1.53. The quantitative estimate of drug-likeness (QED) is 0.373. The van der Waals surface area contributed by atoms with Gasteiger partial charge in [-0.2, -0.15) is 0 Å². The average Bonchev–Trinajstić information content (AvgIpc) is 3.08. The lowest BCUT2D eigenvalue weighted by Crippen LogP contribution is -2.31. The zero-order valence-corrected chi connectivity index (χ0v) is 19.9. The number of carbonyl (C=O) groups excluding carboxylic acids is 3. The molecule has 0 aromatic heterocycles. The molecule has 1 heterocycles. The molecule has 0 bridgehead atoms. The Morgan fingerprint density at radius 2 is 1.57 bits per heavy atom. The molecule has 0 radical (unpaired) electrons. The molecule has 1 amide bonds. The number of amides is 1. The lowest BCUT2D eigenvalue weighted by atomic mass is 9.93. The first kappa shape index (κ1) is 24.0. The monoisotopic (exact) mass is 469 g/mol. The van der Waals surface area contributed by atoms with E-state index in [0.717, 1.165) is 16.7 Å². The highest BCUT2D eigenvalue weighted by molar-refractivity contribution is 6.16. The van der Waals surface area contributed by atoms with Crippen LogP contribution >= 0.6 is 0 Å². The Balaban J connectivity index is 1.74. The molecule has 1 aliphatic heterocycles. The van der Waals surface area contributed by atoms with Gasteiger partial charge in [0.1, 0.15) is 5.75 Å². The molecule has 35 heavy (non-hydrogen) atoms. The van der Waals surface area contributed by atoms with Crippen LogP contribution in [0.3, 0.4) is 0 Å². The Morgan fingerprint density at radius 1 is 0.943 bits per heavy atom. The number of aliphatic hydroxyl groups is 1. The van der Waals surface area contributed by atoms with Crippen molar-refractivity contribution in [2.75, 3.05) is 4.90 Å². The summed E-state index contributed by atoms with van der Waals surface area (Å²) < 4.78 is 5.13. The van der Waals surface area contributed by atoms with Gasteiger partial charge in [-0.05, 0) is 66.8 Å². The maximum absolute atomic E-state index is 13.4. The molecule has 178 valence electrons. The SMILES string of the molecule is CC(=O)Oc1ccc(C2C(C(=O)CCc3ccccc3)=C(O)C(=O)N2c2cc(C)cc(C)c2)cc1. The van der Waals surface area contributed by atoms with Gasteiger partial charge in [0.05, 0.1) is 11.6 Å². The molecule has 0 aliphatic carbocycles. The molecular formula is C29H27NO5. The van der Waals surface area contributed by atoms with Gasteiger partial charge in [0.15, 0.2) is 11.5 Å². The minimum atomic E-state index is -0.807. The Bertz CT molecular complexity index is 1290. The van der Waals surface area contributed by atoms with Crippen LogP contribution in [0.1, 0.15) is 41.6 Å². The molecule has 4 rings (SSSR count). The van der Waals surface area contributed by atoms with E-state index in [1.165, 1.54) is 11.8 Å². The van der Waals surface area contributed by atoms with Crippen LogP contribution in [0.2, 0.25) is 0 Å². The fourth-order valence-electron chi connectivity index (χ4n) is 4.48. The van der Waals surface area contributed by atoms with Crippen LogP contribution in [0, 0.1) is 13.8 Å². The van der Waals surface area contributed by atoms with Gasteiger partial charge in [-0.15, -0.1) is 0 Å². The normalized spacial score (nSPS) is 15.5. The van der Waals surface area contributed by atoms with Gasteiger partial charge < -0.3 is 9.84 Å². The fourth-order valence-corrected chi connectivity index (χ4v) is 4.48. The highest BCUT2D eigenvalue weighted by Gasteiger charge is 2.44. The van der Waals surface area contributed by atoms with Crippen molar-refractivity contribution in [3.63, 3.8) is 0 Å². The summed E-state index contributed by atoms with van der Waals surface area (Å²) in [6.45, 7) is 5.17. The minimum absolute atomic E-state index is 0.0744. The van der Waals surface area contributed by atoms with Crippen molar-refractivity contribution in [3.8, 4) is 5.75 Å². The van der Waals surface area contributed by atoms with E-state index in [-0.39, 0.29) is 17.8 Å². The smallest absolute Gasteiger partial charge is 0.308 e. The Morgan fingerprint density at radius 3 is 2.17 bits per heavy atom. The first-order valence-corrected chi connectivity index (χ1v) is 11.4. The lowest BCUT2D eigenvalue weighted by Gasteiger charge is -2.27. The molecular weight excluding hydrogens is 442 g/mol. The predicted molar refractivity (Wildman–Crippen MR) is 133 cm³/mol. The van der Waals surface area contributed by atoms with Crippen LogP contribution in [0.4, 0.5) is 5.69 Å². The number of Topliss-reactive ketones (excluding diaryl/α,β-unsaturated/α-hetero) is 1. The predicted octanol–water partition coefficient (Wildman–Crippen LogP) is 5.33. The van der Waals surface area contributed by atoms with Gasteiger partial charge in [-0.1, -0.05) is 48.5 Å². The third-order valence-corrected chi connectivity index (χ3v) is 5.93. The summed E-state index contributed by atoms with van der Waals surface area (Å²) >= 11 is 0. The zero-order valence-electron chi connectivity index (χ0n) is 19.9. The van der Waals surface area contributed by atoms with E-state index in [0.29, 0.717) is 23.4 Å². The molecule has 1 N–H and O–H groups in total. The first-order chi connectivity index (χ1) is 16.7. The molecule has 0 saturated heterocycles. The second-order valence-corrected chi connectivity index (χ2v) is 8.76. The highest BCUT2D eigenvalue weighted by Crippen LogP contribution is 2.42. The van der Waals surface area contributed by atoms with E-state index >= 15 is 0 Å². The number of rotatable bonds is 7. The molecule has 1 aliphatic rings. The molecule has 6 heteroatoms. The van der Waals surface area contributed by atoms with Crippen molar-refractivity contribution >= 4 is 23.3 Å². The van der Waals surface area contributed by atoms with Gasteiger partial charge in [0, 0.05) is 19.0 Å². The number of aliphatic hydroxyl groups excluding tert-OH is 1. The standard InChI is InChI=1S/C29H27NO5/c1-18-15-19(2)17-23(16-18)30-27(22-10-12-24(13-11-22)35-20(3)31)26(28(33)29(30)34)25(32)14-9-21-7-5-4-6-8-21/h4-8,10-13,15-17,27,33H,9,14H2,1-3H3. The maximum Gasteiger partial charge on any atom is 0.308 e. The maximum atomic E-state index is 13.4. The Kier molecular flexibility index (Phi) is 6.82. The Hall–Kier alpha value is -4.19. The molecule has 3 aromatic carbocycles. The Labute approximate surface area is 204 Å². The third kappa shape index (κ3) is 5.17. The number of aryl methyl sites for hydroxylation is 3. The van der Waals surface area contributed by atoms with E-state index in [1.807, 2.05) is 62.4 Å². The average molecular weight is 470 g/mol. The van der Waals surface area contributed by atoms with E-state index in [2.05, 4.69) is 0 Å². The van der Waals surface area contributed by atoms with E-state index in [9.17, 15) is 19.5 Å². The first-order valence-electron chi connectivity index (χ1n) is 11.4. The molecule has 6 nitrogen and oxygen atoms in total.